The second kappa shape index (κ2) is 7.09. The van der Waals surface area contributed by atoms with E-state index in [-0.39, 0.29) is 5.56 Å². The van der Waals surface area contributed by atoms with Crippen LogP contribution in [-0.4, -0.2) is 30.0 Å². The monoisotopic (exact) mass is 336 g/mol. The fourth-order valence-corrected chi connectivity index (χ4v) is 2.46. The minimum Gasteiger partial charge on any atom is -0.361 e. The second-order valence-electron chi connectivity index (χ2n) is 5.65. The van der Waals surface area contributed by atoms with Crippen molar-refractivity contribution in [3.05, 3.63) is 72.3 Å². The van der Waals surface area contributed by atoms with Crippen LogP contribution in [0, 0.1) is 5.82 Å². The second-order valence-corrected chi connectivity index (χ2v) is 5.65. The van der Waals surface area contributed by atoms with Gasteiger partial charge in [-0.15, -0.1) is 0 Å². The van der Waals surface area contributed by atoms with Gasteiger partial charge in [-0.2, -0.15) is 0 Å². The number of aromatic nitrogens is 2. The quantitative estimate of drug-likeness (QED) is 0.791. The first-order valence-electron chi connectivity index (χ1n) is 7.71. The third-order valence-electron chi connectivity index (χ3n) is 3.62. The lowest BCUT2D eigenvalue weighted by Crippen LogP contribution is -2.19. The molecule has 1 aromatic heterocycles. The third kappa shape index (κ3) is 3.63. The first-order valence-corrected chi connectivity index (χ1v) is 7.71. The number of nitrogens with zero attached hydrogens (tertiary/aromatic N) is 3. The number of carbonyl (C=O) groups is 1. The van der Waals surface area contributed by atoms with Gasteiger partial charge in [-0.25, -0.2) is 14.4 Å². The van der Waals surface area contributed by atoms with E-state index in [4.69, 9.17) is 0 Å². The summed E-state index contributed by atoms with van der Waals surface area (Å²) in [6.07, 6.45) is 1.45. The highest BCUT2D eigenvalue weighted by Gasteiger charge is 2.18. The zero-order valence-corrected chi connectivity index (χ0v) is 13.9. The predicted octanol–water partition coefficient (Wildman–Crippen LogP) is 3.60. The van der Waals surface area contributed by atoms with Gasteiger partial charge in [0.05, 0.1) is 5.69 Å². The Hall–Kier alpha value is -3.28. The van der Waals surface area contributed by atoms with Crippen LogP contribution in [0.4, 0.5) is 15.9 Å². The standard InChI is InChI=1S/C19H17FN4O/c1-24(2)18-17(23-19(25)14-9-6-10-15(20)11-14)16(21-12-22-18)13-7-4-3-5-8-13/h3-12H,1-2H3,(H,23,25). The third-order valence-corrected chi connectivity index (χ3v) is 3.62. The molecule has 0 unspecified atom stereocenters. The van der Waals surface area contributed by atoms with Crippen LogP contribution in [-0.2, 0) is 0 Å². The highest BCUT2D eigenvalue weighted by molar-refractivity contribution is 6.07. The van der Waals surface area contributed by atoms with Crippen LogP contribution in [0.5, 0.6) is 0 Å². The molecule has 0 aliphatic carbocycles. The number of anilines is 2. The number of hydrogen-bond acceptors (Lipinski definition) is 4. The van der Waals surface area contributed by atoms with Crippen molar-refractivity contribution in [2.24, 2.45) is 0 Å². The number of nitrogens with one attached hydrogen (secondary N) is 1. The Balaban J connectivity index is 2.06. The molecule has 0 fully saturated rings. The maximum atomic E-state index is 13.4. The van der Waals surface area contributed by atoms with E-state index in [1.54, 1.807) is 11.0 Å². The van der Waals surface area contributed by atoms with Crippen molar-refractivity contribution >= 4 is 17.4 Å². The lowest BCUT2D eigenvalue weighted by atomic mass is 10.1. The smallest absolute Gasteiger partial charge is 0.255 e. The Morgan fingerprint density at radius 3 is 2.48 bits per heavy atom. The summed E-state index contributed by atoms with van der Waals surface area (Å²) in [4.78, 5) is 22.9. The van der Waals surface area contributed by atoms with Crippen molar-refractivity contribution in [1.29, 1.82) is 0 Å². The summed E-state index contributed by atoms with van der Waals surface area (Å²) < 4.78 is 13.4. The van der Waals surface area contributed by atoms with E-state index in [1.165, 1.54) is 24.5 Å². The normalized spacial score (nSPS) is 10.4. The van der Waals surface area contributed by atoms with Gasteiger partial charge in [0, 0.05) is 25.2 Å². The highest BCUT2D eigenvalue weighted by Crippen LogP contribution is 2.32. The summed E-state index contributed by atoms with van der Waals surface area (Å²) in [6.45, 7) is 0. The molecule has 126 valence electrons. The molecule has 0 aliphatic heterocycles. The summed E-state index contributed by atoms with van der Waals surface area (Å²) >= 11 is 0. The first kappa shape index (κ1) is 16.6. The largest absolute Gasteiger partial charge is 0.361 e. The molecule has 5 nitrogen and oxygen atoms in total. The van der Waals surface area contributed by atoms with E-state index < -0.39 is 11.7 Å². The van der Waals surface area contributed by atoms with Crippen molar-refractivity contribution < 1.29 is 9.18 Å². The molecule has 1 N–H and O–H groups in total. The van der Waals surface area contributed by atoms with E-state index >= 15 is 0 Å². The topological polar surface area (TPSA) is 58.1 Å². The fraction of sp³-hybridized carbons (Fsp3) is 0.105. The molecule has 0 saturated heterocycles. The molecule has 0 bridgehead atoms. The molecule has 0 saturated carbocycles. The molecular formula is C19H17FN4O. The number of benzene rings is 2. The zero-order valence-electron chi connectivity index (χ0n) is 13.9. The van der Waals surface area contributed by atoms with Gasteiger partial charge in [0.1, 0.15) is 17.8 Å². The molecule has 6 heteroatoms. The van der Waals surface area contributed by atoms with Crippen molar-refractivity contribution in [3.8, 4) is 11.3 Å². The van der Waals surface area contributed by atoms with Crippen LogP contribution in [0.2, 0.25) is 0 Å². The average Bonchev–Trinajstić information content (AvgIpc) is 2.62. The fourth-order valence-electron chi connectivity index (χ4n) is 2.46. The van der Waals surface area contributed by atoms with Gasteiger partial charge in [-0.1, -0.05) is 36.4 Å². The van der Waals surface area contributed by atoms with Gasteiger partial charge < -0.3 is 10.2 Å². The minimum absolute atomic E-state index is 0.229. The molecule has 0 spiro atoms. The Labute approximate surface area is 145 Å². The van der Waals surface area contributed by atoms with Gasteiger partial charge in [-0.05, 0) is 18.2 Å². The lowest BCUT2D eigenvalue weighted by molar-refractivity contribution is 0.102. The van der Waals surface area contributed by atoms with Crippen LogP contribution < -0.4 is 10.2 Å². The zero-order chi connectivity index (χ0) is 17.8. The molecular weight excluding hydrogens is 319 g/mol. The molecule has 0 aliphatic rings. The SMILES string of the molecule is CN(C)c1ncnc(-c2ccccc2)c1NC(=O)c1cccc(F)c1. The van der Waals surface area contributed by atoms with Crippen LogP contribution in [0.25, 0.3) is 11.3 Å². The van der Waals surface area contributed by atoms with E-state index in [9.17, 15) is 9.18 Å². The van der Waals surface area contributed by atoms with Crippen LogP contribution in [0.15, 0.2) is 60.9 Å². The van der Waals surface area contributed by atoms with E-state index in [1.807, 2.05) is 44.4 Å². The van der Waals surface area contributed by atoms with Crippen LogP contribution >= 0.6 is 0 Å². The lowest BCUT2D eigenvalue weighted by Gasteiger charge is -2.19. The van der Waals surface area contributed by atoms with Gasteiger partial charge in [0.25, 0.3) is 5.91 Å². The number of halogens is 1. The Morgan fingerprint density at radius 1 is 1.04 bits per heavy atom. The maximum Gasteiger partial charge on any atom is 0.255 e. The maximum absolute atomic E-state index is 13.4. The summed E-state index contributed by atoms with van der Waals surface area (Å²) in [5, 5.41) is 2.83. The summed E-state index contributed by atoms with van der Waals surface area (Å²) in [6, 6.07) is 15.0. The highest BCUT2D eigenvalue weighted by atomic mass is 19.1. The van der Waals surface area contributed by atoms with Crippen molar-refractivity contribution in [1.82, 2.24) is 9.97 Å². The van der Waals surface area contributed by atoms with Gasteiger partial charge in [0.15, 0.2) is 5.82 Å². The number of amides is 1. The number of hydrogen-bond donors (Lipinski definition) is 1. The van der Waals surface area contributed by atoms with Crippen LogP contribution in [0.1, 0.15) is 10.4 Å². The molecule has 0 atom stereocenters. The predicted molar refractivity (Wildman–Crippen MR) is 96.1 cm³/mol. The number of rotatable bonds is 4. The van der Waals surface area contributed by atoms with Gasteiger partial charge in [-0.3, -0.25) is 4.79 Å². The molecule has 1 heterocycles. The Bertz CT molecular complexity index is 897. The molecule has 2 aromatic carbocycles. The molecule has 3 rings (SSSR count). The minimum atomic E-state index is -0.465. The van der Waals surface area contributed by atoms with Gasteiger partial charge >= 0.3 is 0 Å². The van der Waals surface area contributed by atoms with Crippen molar-refractivity contribution in [2.75, 3.05) is 24.3 Å². The van der Waals surface area contributed by atoms with E-state index in [0.29, 0.717) is 17.2 Å². The molecule has 3 aromatic rings. The van der Waals surface area contributed by atoms with E-state index in [0.717, 1.165) is 5.56 Å². The van der Waals surface area contributed by atoms with Gasteiger partial charge in [0.2, 0.25) is 0 Å². The van der Waals surface area contributed by atoms with Crippen LogP contribution in [0.3, 0.4) is 0 Å². The summed E-state index contributed by atoms with van der Waals surface area (Å²) in [7, 11) is 3.66. The first-order chi connectivity index (χ1) is 12.1. The van der Waals surface area contributed by atoms with Crippen molar-refractivity contribution in [3.63, 3.8) is 0 Å². The summed E-state index contributed by atoms with van der Waals surface area (Å²) in [5.74, 6) is -0.318. The van der Waals surface area contributed by atoms with E-state index in [2.05, 4.69) is 15.3 Å². The summed E-state index contributed by atoms with van der Waals surface area (Å²) in [5.41, 5.74) is 2.16. The molecule has 1 amide bonds. The molecule has 0 radical (unpaired) electrons. The Morgan fingerprint density at radius 2 is 1.80 bits per heavy atom. The number of carbonyl (C=O) groups excluding carboxylic acids is 1. The average molecular weight is 336 g/mol. The Kier molecular flexibility index (Phi) is 4.70. The molecule has 25 heavy (non-hydrogen) atoms. The van der Waals surface area contributed by atoms with Crippen molar-refractivity contribution in [2.45, 2.75) is 0 Å².